The molecule has 7 rings (SSSR count). The molecule has 1 aromatic carbocycles. The lowest BCUT2D eigenvalue weighted by molar-refractivity contribution is -0.0204. The highest BCUT2D eigenvalue weighted by molar-refractivity contribution is 5.57. The van der Waals surface area contributed by atoms with Crippen molar-refractivity contribution >= 4 is 0 Å². The summed E-state index contributed by atoms with van der Waals surface area (Å²) in [6.07, 6.45) is 26.3. The summed E-state index contributed by atoms with van der Waals surface area (Å²) in [4.78, 5) is 0. The third-order valence-corrected chi connectivity index (χ3v) is 12.1. The Labute approximate surface area is 220 Å². The maximum atomic E-state index is 10.3. The van der Waals surface area contributed by atoms with Crippen LogP contribution in [0.15, 0.2) is 12.1 Å². The first-order valence-corrected chi connectivity index (χ1v) is 15.4. The molecule has 0 amide bonds. The molecule has 0 aliphatic heterocycles. The maximum Gasteiger partial charge on any atom is 0.101 e. The molecule has 1 aromatic rings. The van der Waals surface area contributed by atoms with E-state index in [4.69, 9.17) is 0 Å². The molecule has 0 radical (unpaired) electrons. The molecule has 0 unspecified atom stereocenters. The van der Waals surface area contributed by atoms with E-state index in [0.29, 0.717) is 21.8 Å². The minimum absolute atomic E-state index is 0.136. The zero-order valence-corrected chi connectivity index (χ0v) is 23.2. The van der Waals surface area contributed by atoms with Crippen molar-refractivity contribution in [1.29, 1.82) is 10.5 Å². The van der Waals surface area contributed by atoms with E-state index in [1.165, 1.54) is 128 Å². The highest BCUT2D eigenvalue weighted by Gasteiger charge is 2.50. The Hall–Kier alpha value is -1.80. The SMILES string of the molecule is CCCCCC12CCC(CCc3ccc(C45CCC(CCC)(CC4)CC5)c(C#N)c3C#N)(CC1)CC2. The zero-order chi connectivity index (χ0) is 25.3. The number of hydrogen-bond donors (Lipinski definition) is 0. The molecule has 0 N–H and O–H groups in total. The van der Waals surface area contributed by atoms with Crippen LogP contribution in [-0.2, 0) is 11.8 Å². The second kappa shape index (κ2) is 10.2. The highest BCUT2D eigenvalue weighted by atomic mass is 14.5. The van der Waals surface area contributed by atoms with Crippen molar-refractivity contribution in [2.24, 2.45) is 16.2 Å². The Bertz CT molecular complexity index is 985. The van der Waals surface area contributed by atoms with E-state index in [0.717, 1.165) is 17.5 Å². The first-order chi connectivity index (χ1) is 17.5. The summed E-state index contributed by atoms with van der Waals surface area (Å²) in [6.45, 7) is 4.63. The van der Waals surface area contributed by atoms with Crippen molar-refractivity contribution < 1.29 is 0 Å². The molecular weight excluding hydrogens is 436 g/mol. The molecule has 2 nitrogen and oxygen atoms in total. The number of fused-ring (bicyclic) bond motifs is 6. The standard InChI is InChI=1S/C34H48N2/c1-3-5-6-11-32-13-16-33(17-14-32,18-15-32)12-9-27-7-8-30(29(26-36)28(27)25-35)34-22-19-31(10-4-2,20-23-34)21-24-34/h7-8H,3-6,9-24H2,1-2H3. The fourth-order valence-electron chi connectivity index (χ4n) is 9.35. The molecule has 36 heavy (non-hydrogen) atoms. The summed E-state index contributed by atoms with van der Waals surface area (Å²) in [5, 5.41) is 20.5. The molecule has 0 spiro atoms. The molecule has 6 aliphatic carbocycles. The van der Waals surface area contributed by atoms with Crippen molar-refractivity contribution in [2.45, 2.75) is 148 Å². The van der Waals surface area contributed by atoms with E-state index in [1.807, 2.05) is 0 Å². The lowest BCUT2D eigenvalue weighted by Gasteiger charge is -2.54. The molecular formula is C34H48N2. The third-order valence-electron chi connectivity index (χ3n) is 12.1. The van der Waals surface area contributed by atoms with Gasteiger partial charge in [-0.15, -0.1) is 0 Å². The number of hydrogen-bond acceptors (Lipinski definition) is 2. The third kappa shape index (κ3) is 4.53. The molecule has 2 heteroatoms. The summed E-state index contributed by atoms with van der Waals surface area (Å²) in [5.41, 5.74) is 5.61. The lowest BCUT2D eigenvalue weighted by atomic mass is 9.50. The van der Waals surface area contributed by atoms with E-state index in [2.05, 4.69) is 38.1 Å². The summed E-state index contributed by atoms with van der Waals surface area (Å²) < 4.78 is 0. The van der Waals surface area contributed by atoms with E-state index >= 15 is 0 Å². The van der Waals surface area contributed by atoms with Crippen LogP contribution in [-0.4, -0.2) is 0 Å². The van der Waals surface area contributed by atoms with Crippen LogP contribution in [0.2, 0.25) is 0 Å². The van der Waals surface area contributed by atoms with Crippen LogP contribution in [0.3, 0.4) is 0 Å². The number of nitrogens with zero attached hydrogens (tertiary/aromatic N) is 2. The van der Waals surface area contributed by atoms with Gasteiger partial charge < -0.3 is 0 Å². The molecule has 0 atom stereocenters. The minimum Gasteiger partial charge on any atom is -0.192 e. The quantitative estimate of drug-likeness (QED) is 0.310. The van der Waals surface area contributed by atoms with Crippen molar-refractivity contribution in [3.63, 3.8) is 0 Å². The van der Waals surface area contributed by atoms with Crippen LogP contribution in [0.5, 0.6) is 0 Å². The van der Waals surface area contributed by atoms with Gasteiger partial charge in [0.25, 0.3) is 0 Å². The van der Waals surface area contributed by atoms with Crippen LogP contribution >= 0.6 is 0 Å². The summed E-state index contributed by atoms with van der Waals surface area (Å²) in [7, 11) is 0. The van der Waals surface area contributed by atoms with Crippen molar-refractivity contribution in [2.75, 3.05) is 0 Å². The second-order valence-corrected chi connectivity index (χ2v) is 13.7. The summed E-state index contributed by atoms with van der Waals surface area (Å²) in [6, 6.07) is 9.59. The monoisotopic (exact) mass is 484 g/mol. The molecule has 4 bridgehead atoms. The van der Waals surface area contributed by atoms with Gasteiger partial charge in [0, 0.05) is 0 Å². The number of aryl methyl sites for hydroxylation is 1. The Morgan fingerprint density at radius 1 is 0.611 bits per heavy atom. The number of unbranched alkanes of at least 4 members (excludes halogenated alkanes) is 2. The van der Waals surface area contributed by atoms with Crippen LogP contribution in [0, 0.1) is 38.9 Å². The number of nitriles is 2. The Morgan fingerprint density at radius 2 is 1.14 bits per heavy atom. The van der Waals surface area contributed by atoms with Crippen LogP contribution in [0.4, 0.5) is 0 Å². The predicted octanol–water partition coefficient (Wildman–Crippen LogP) is 9.68. The van der Waals surface area contributed by atoms with Crippen molar-refractivity contribution in [1.82, 2.24) is 0 Å². The average molecular weight is 485 g/mol. The van der Waals surface area contributed by atoms with Gasteiger partial charge in [-0.3, -0.25) is 0 Å². The van der Waals surface area contributed by atoms with Crippen molar-refractivity contribution in [3.05, 3.63) is 34.4 Å². The van der Waals surface area contributed by atoms with Crippen LogP contribution in [0.1, 0.15) is 158 Å². The van der Waals surface area contributed by atoms with Gasteiger partial charge in [-0.2, -0.15) is 10.5 Å². The second-order valence-electron chi connectivity index (χ2n) is 13.7. The van der Waals surface area contributed by atoms with E-state index in [-0.39, 0.29) is 5.41 Å². The number of rotatable bonds is 10. The first kappa shape index (κ1) is 25.8. The van der Waals surface area contributed by atoms with E-state index in [9.17, 15) is 10.5 Å². The molecule has 6 fully saturated rings. The fraction of sp³-hybridized carbons (Fsp3) is 0.765. The Balaban J connectivity index is 1.29. The molecule has 6 saturated carbocycles. The van der Waals surface area contributed by atoms with Gasteiger partial charge in [0.15, 0.2) is 0 Å². The van der Waals surface area contributed by atoms with Gasteiger partial charge in [0.2, 0.25) is 0 Å². The van der Waals surface area contributed by atoms with Crippen LogP contribution in [0.25, 0.3) is 0 Å². The maximum absolute atomic E-state index is 10.3. The van der Waals surface area contributed by atoms with Crippen LogP contribution < -0.4 is 0 Å². The molecule has 6 aliphatic rings. The lowest BCUT2D eigenvalue weighted by Crippen LogP contribution is -2.44. The van der Waals surface area contributed by atoms with Gasteiger partial charge in [-0.1, -0.05) is 51.7 Å². The summed E-state index contributed by atoms with van der Waals surface area (Å²) >= 11 is 0. The minimum atomic E-state index is 0.136. The molecule has 0 aromatic heterocycles. The van der Waals surface area contributed by atoms with Gasteiger partial charge >= 0.3 is 0 Å². The van der Waals surface area contributed by atoms with Gasteiger partial charge in [0.1, 0.15) is 12.1 Å². The van der Waals surface area contributed by atoms with Crippen molar-refractivity contribution in [3.8, 4) is 12.1 Å². The zero-order valence-electron chi connectivity index (χ0n) is 23.2. The number of benzene rings is 1. The molecule has 0 saturated heterocycles. The largest absolute Gasteiger partial charge is 0.192 e. The molecule has 194 valence electrons. The first-order valence-electron chi connectivity index (χ1n) is 15.4. The van der Waals surface area contributed by atoms with E-state index in [1.54, 1.807) is 0 Å². The average Bonchev–Trinajstić information content (AvgIpc) is 2.93. The van der Waals surface area contributed by atoms with Gasteiger partial charge in [0.05, 0.1) is 11.1 Å². The summed E-state index contributed by atoms with van der Waals surface area (Å²) in [5.74, 6) is 0. The highest BCUT2D eigenvalue weighted by Crippen LogP contribution is 2.61. The molecule has 0 heterocycles. The van der Waals surface area contributed by atoms with E-state index < -0.39 is 0 Å². The normalized spacial score (nSPS) is 34.9. The topological polar surface area (TPSA) is 47.6 Å². The van der Waals surface area contributed by atoms with Gasteiger partial charge in [-0.05, 0) is 136 Å². The predicted molar refractivity (Wildman–Crippen MR) is 148 cm³/mol. The Kier molecular flexibility index (Phi) is 7.29. The van der Waals surface area contributed by atoms with Gasteiger partial charge in [-0.25, -0.2) is 0 Å². The fourth-order valence-corrected chi connectivity index (χ4v) is 9.35. The Morgan fingerprint density at radius 3 is 1.67 bits per heavy atom. The smallest absolute Gasteiger partial charge is 0.101 e.